The molecule has 3 aromatic carbocycles. The summed E-state index contributed by atoms with van der Waals surface area (Å²) in [6.07, 6.45) is -9.15. The number of hydrogen-bond acceptors (Lipinski definition) is 18. The van der Waals surface area contributed by atoms with E-state index in [9.17, 15) is 43.6 Å². The third kappa shape index (κ3) is 7.69. The summed E-state index contributed by atoms with van der Waals surface area (Å²) in [6.45, 7) is 1.02. The Morgan fingerprint density at radius 3 is 2.34 bits per heavy atom. The van der Waals surface area contributed by atoms with Crippen LogP contribution in [0.1, 0.15) is 0 Å². The minimum atomic E-state index is -4.30. The fourth-order valence-corrected chi connectivity index (χ4v) is 7.90. The molecule has 1 amide bonds. The van der Waals surface area contributed by atoms with Gasteiger partial charge in [0.25, 0.3) is 15.7 Å². The molecule has 2 saturated heterocycles. The molecule has 0 spiro atoms. The number of amides is 1. The summed E-state index contributed by atoms with van der Waals surface area (Å²) in [5, 5.41) is 58.2. The molecule has 0 radical (unpaired) electrons. The molecule has 5 aromatic rings. The summed E-state index contributed by atoms with van der Waals surface area (Å²) < 4.78 is 64.2. The molecule has 0 bridgehead atoms. The van der Waals surface area contributed by atoms with E-state index in [-0.39, 0.29) is 64.3 Å². The fraction of sp³-hybridized carbons (Fsp3) is 0.351. The number of phenolic OH excluding ortho intramolecular Hbond substituents is 1. The predicted molar refractivity (Wildman–Crippen MR) is 196 cm³/mol. The summed E-state index contributed by atoms with van der Waals surface area (Å²) in [7, 11) is -1.60. The molecular formula is C37H38N4O16S. The number of rotatable bonds is 12. The average molecular weight is 827 g/mol. The number of hydrogen-bond donors (Lipinski definition) is 4. The van der Waals surface area contributed by atoms with Crippen LogP contribution in [0.25, 0.3) is 22.3 Å². The Morgan fingerprint density at radius 1 is 0.966 bits per heavy atom. The largest absolute Gasteiger partial charge is 0.504 e. The number of aromatic hydroxyl groups is 1. The van der Waals surface area contributed by atoms with Crippen LogP contribution in [0.4, 0.5) is 0 Å². The first-order valence-electron chi connectivity index (χ1n) is 17.7. The van der Waals surface area contributed by atoms with Gasteiger partial charge in [-0.1, -0.05) is 18.2 Å². The van der Waals surface area contributed by atoms with Crippen LogP contribution in [0.15, 0.2) is 90.5 Å². The predicted octanol–water partition coefficient (Wildman–Crippen LogP) is 0.0466. The van der Waals surface area contributed by atoms with Crippen molar-refractivity contribution in [1.82, 2.24) is 15.0 Å². The number of carbonyl (C=O) groups excluding carboxylic acids is 1. The van der Waals surface area contributed by atoms with Crippen molar-refractivity contribution in [2.45, 2.75) is 40.6 Å². The van der Waals surface area contributed by atoms with Gasteiger partial charge in [-0.3, -0.25) is 19.1 Å². The van der Waals surface area contributed by atoms with Gasteiger partial charge in [0.05, 0.1) is 24.3 Å². The van der Waals surface area contributed by atoms with Gasteiger partial charge in [-0.2, -0.15) is 0 Å². The Balaban J connectivity index is 1.01. The lowest BCUT2D eigenvalue weighted by Crippen LogP contribution is -2.64. The molecule has 0 aliphatic carbocycles. The number of aromatic nitrogens is 2. The third-order valence-corrected chi connectivity index (χ3v) is 11.5. The molecule has 4 heterocycles. The molecule has 0 saturated carbocycles. The number of benzene rings is 3. The van der Waals surface area contributed by atoms with Crippen LogP contribution in [0.5, 0.6) is 28.9 Å². The lowest BCUT2D eigenvalue weighted by molar-refractivity contribution is -0.832. The SMILES string of the molecule is COc1ccc(-c2cc(=O)c3c(O)c(OC)c(O[C@@H]4O[C@H](C(=O)N5CCN(CCOc6no[n+]([O-])c6S(=O)(=O)c6ccccc6)CC5)[C@@H](O)[C@H](O)[C@H]4O)cc3o2)cc1. The molecule has 2 aromatic heterocycles. The lowest BCUT2D eigenvalue weighted by atomic mass is 9.97. The van der Waals surface area contributed by atoms with Gasteiger partial charge in [0.15, 0.2) is 23.0 Å². The average Bonchev–Trinajstić information content (AvgIpc) is 3.61. The van der Waals surface area contributed by atoms with E-state index in [1.165, 1.54) is 55.5 Å². The number of piperazine rings is 1. The molecule has 21 heteroatoms. The van der Waals surface area contributed by atoms with E-state index in [1.54, 1.807) is 30.3 Å². The Labute approximate surface area is 328 Å². The number of nitrogens with zero attached hydrogens (tertiary/aromatic N) is 4. The van der Waals surface area contributed by atoms with E-state index in [2.05, 4.69) is 9.79 Å². The van der Waals surface area contributed by atoms with Gasteiger partial charge in [-0.15, -0.1) is 0 Å². The van der Waals surface area contributed by atoms with E-state index in [0.29, 0.717) is 24.4 Å². The molecule has 308 valence electrons. The number of aliphatic hydroxyl groups is 3. The normalized spacial score (nSPS) is 21.5. The topological polar surface area (TPSA) is 268 Å². The van der Waals surface area contributed by atoms with Crippen molar-refractivity contribution in [3.8, 4) is 40.2 Å². The zero-order chi connectivity index (χ0) is 41.3. The minimum absolute atomic E-state index is 0.0919. The first-order valence-corrected chi connectivity index (χ1v) is 19.2. The first kappa shape index (κ1) is 40.2. The van der Waals surface area contributed by atoms with Gasteiger partial charge < -0.3 is 58.6 Å². The first-order chi connectivity index (χ1) is 27.8. The molecule has 7 rings (SSSR count). The smallest absolute Gasteiger partial charge is 0.415 e. The number of carbonyl (C=O) groups is 1. The fourth-order valence-electron chi connectivity index (χ4n) is 6.60. The Kier molecular flexibility index (Phi) is 11.4. The summed E-state index contributed by atoms with van der Waals surface area (Å²) in [5.41, 5.74) is -0.205. The van der Waals surface area contributed by atoms with Crippen LogP contribution in [0, 0.1) is 5.21 Å². The van der Waals surface area contributed by atoms with E-state index in [4.69, 9.17) is 28.1 Å². The van der Waals surface area contributed by atoms with E-state index in [1.807, 2.05) is 4.90 Å². The number of sulfone groups is 1. The molecule has 4 N–H and O–H groups in total. The molecule has 2 aliphatic heterocycles. The Morgan fingerprint density at radius 2 is 1.67 bits per heavy atom. The van der Waals surface area contributed by atoms with Gasteiger partial charge in [0, 0.05) is 50.4 Å². The highest BCUT2D eigenvalue weighted by molar-refractivity contribution is 7.91. The minimum Gasteiger partial charge on any atom is -0.504 e. The number of fused-ring (bicyclic) bond motifs is 1. The second-order valence-corrected chi connectivity index (χ2v) is 15.1. The van der Waals surface area contributed by atoms with Crippen molar-refractivity contribution in [2.24, 2.45) is 0 Å². The Hall–Kier alpha value is -5.97. The van der Waals surface area contributed by atoms with Gasteiger partial charge in [-0.25, -0.2) is 8.42 Å². The van der Waals surface area contributed by atoms with Crippen molar-refractivity contribution >= 4 is 26.7 Å². The van der Waals surface area contributed by atoms with Crippen molar-refractivity contribution < 1.29 is 71.3 Å². The summed E-state index contributed by atoms with van der Waals surface area (Å²) in [5.74, 6) is -1.75. The highest BCUT2D eigenvalue weighted by Crippen LogP contribution is 2.43. The van der Waals surface area contributed by atoms with Crippen LogP contribution in [0.2, 0.25) is 0 Å². The van der Waals surface area contributed by atoms with Gasteiger partial charge >= 0.3 is 10.9 Å². The molecule has 20 nitrogen and oxygen atoms in total. The zero-order valence-electron chi connectivity index (χ0n) is 30.9. The maximum atomic E-state index is 13.7. The highest BCUT2D eigenvalue weighted by Gasteiger charge is 2.49. The van der Waals surface area contributed by atoms with Crippen LogP contribution in [0.3, 0.4) is 0 Å². The van der Waals surface area contributed by atoms with Crippen LogP contribution >= 0.6 is 0 Å². The summed E-state index contributed by atoms with van der Waals surface area (Å²) in [4.78, 5) is 29.7. The van der Waals surface area contributed by atoms with E-state index < -0.39 is 68.5 Å². The molecule has 0 unspecified atom stereocenters. The highest BCUT2D eigenvalue weighted by atomic mass is 32.2. The van der Waals surface area contributed by atoms with Crippen LogP contribution in [-0.4, -0.2) is 134 Å². The number of aliphatic hydroxyl groups excluding tert-OH is 3. The van der Waals surface area contributed by atoms with Gasteiger partial charge in [0.1, 0.15) is 47.4 Å². The zero-order valence-corrected chi connectivity index (χ0v) is 31.7. The monoisotopic (exact) mass is 826 g/mol. The van der Waals surface area contributed by atoms with Gasteiger partial charge in [0.2, 0.25) is 12.0 Å². The Bertz CT molecular complexity index is 2440. The van der Waals surface area contributed by atoms with Crippen molar-refractivity contribution in [3.63, 3.8) is 0 Å². The molecule has 2 fully saturated rings. The van der Waals surface area contributed by atoms with Crippen molar-refractivity contribution in [2.75, 3.05) is 53.6 Å². The van der Waals surface area contributed by atoms with E-state index in [0.717, 1.165) is 0 Å². The van der Waals surface area contributed by atoms with Gasteiger partial charge in [-0.05, 0) is 41.3 Å². The molecular weight excluding hydrogens is 788 g/mol. The van der Waals surface area contributed by atoms with Crippen molar-refractivity contribution in [3.05, 3.63) is 82.2 Å². The van der Waals surface area contributed by atoms with Crippen LogP contribution < -0.4 is 29.3 Å². The standard InChI is InChI=1S/C37H38N4O16S/c1-51-21-10-8-20(9-11-21)24-18-23(42)27-25(54-24)19-26(32(52-2)28(27)43)55-37-31(46)29(44)30(45)33(56-37)35(47)40-14-12-39(13-15-40)16-17-53-34-36(41(48)57-38-34)58(49,50)22-6-4-3-5-7-22/h3-11,18-19,29-31,33,37,43-46H,12-17H2,1-2H3/t29-,30-,31+,33-,37+/m0/s1. The quantitative estimate of drug-likeness (QED) is 0.121. The molecule has 2 aliphatic rings. The number of phenols is 1. The summed E-state index contributed by atoms with van der Waals surface area (Å²) in [6, 6.07) is 16.3. The maximum Gasteiger partial charge on any atom is 0.415 e. The number of methoxy groups -OCH3 is 2. The van der Waals surface area contributed by atoms with E-state index >= 15 is 0 Å². The lowest BCUT2D eigenvalue weighted by Gasteiger charge is -2.42. The number of ether oxygens (including phenoxy) is 5. The second kappa shape index (κ2) is 16.5. The van der Waals surface area contributed by atoms with Crippen molar-refractivity contribution in [1.29, 1.82) is 0 Å². The van der Waals surface area contributed by atoms with Crippen LogP contribution in [-0.2, 0) is 19.4 Å². The molecule has 58 heavy (non-hydrogen) atoms. The third-order valence-electron chi connectivity index (χ3n) is 9.73. The molecule has 5 atom stereocenters. The second-order valence-electron chi connectivity index (χ2n) is 13.2. The summed E-state index contributed by atoms with van der Waals surface area (Å²) >= 11 is 0. The maximum absolute atomic E-state index is 13.7.